The van der Waals surface area contributed by atoms with Gasteiger partial charge in [-0.05, 0) is 42.2 Å². The summed E-state index contributed by atoms with van der Waals surface area (Å²) in [6.07, 6.45) is -3.77. The fourth-order valence-electron chi connectivity index (χ4n) is 2.85. The van der Waals surface area contributed by atoms with E-state index in [9.17, 15) is 23.1 Å². The largest absolute Gasteiger partial charge is 0.465 e. The number of aryl methyl sites for hydroxylation is 1. The number of halogens is 3. The number of alkyl halides is 3. The Bertz CT molecular complexity index is 850. The maximum Gasteiger partial charge on any atom is 0.416 e. The first kappa shape index (κ1) is 25.3. The molecule has 1 amide bonds. The lowest BCUT2D eigenvalue weighted by Crippen LogP contribution is -2.48. The van der Waals surface area contributed by atoms with Gasteiger partial charge in [-0.2, -0.15) is 13.2 Å². The van der Waals surface area contributed by atoms with Gasteiger partial charge in [-0.25, -0.2) is 9.78 Å². The molecule has 2 N–H and O–H groups in total. The van der Waals surface area contributed by atoms with E-state index < -0.39 is 38.3 Å². The van der Waals surface area contributed by atoms with Gasteiger partial charge in [0.15, 0.2) is 8.32 Å². The second-order valence-electron chi connectivity index (χ2n) is 8.94. The van der Waals surface area contributed by atoms with Crippen molar-refractivity contribution in [3.63, 3.8) is 0 Å². The molecule has 2 rings (SSSR count). The molecule has 0 aliphatic heterocycles. The molecule has 2 unspecified atom stereocenters. The van der Waals surface area contributed by atoms with Gasteiger partial charge in [0.1, 0.15) is 0 Å². The molecule has 0 aliphatic carbocycles. The van der Waals surface area contributed by atoms with E-state index >= 15 is 0 Å². The summed E-state index contributed by atoms with van der Waals surface area (Å²) >= 11 is 1.47. The van der Waals surface area contributed by atoms with Crippen LogP contribution in [0.25, 0.3) is 0 Å². The van der Waals surface area contributed by atoms with Gasteiger partial charge in [-0.15, -0.1) is 11.3 Å². The van der Waals surface area contributed by atoms with E-state index in [1.54, 1.807) is 6.20 Å². The molecule has 2 atom stereocenters. The van der Waals surface area contributed by atoms with Crippen LogP contribution in [-0.2, 0) is 17.0 Å². The van der Waals surface area contributed by atoms with Crippen molar-refractivity contribution in [2.75, 3.05) is 0 Å². The SMILES string of the molecule is CC(C)(C)[Si](C)(C)OC(c1ccc(C(F)(F)F)cc1)C(CCc1nccs1)NC(=O)O. The highest BCUT2D eigenvalue weighted by atomic mass is 32.1. The fraction of sp³-hybridized carbons (Fsp3) is 0.524. The number of carbonyl (C=O) groups is 1. The molecule has 0 bridgehead atoms. The Kier molecular flexibility index (Phi) is 7.93. The second kappa shape index (κ2) is 9.70. The lowest BCUT2D eigenvalue weighted by atomic mass is 9.97. The van der Waals surface area contributed by atoms with Crippen LogP contribution in [0, 0.1) is 0 Å². The summed E-state index contributed by atoms with van der Waals surface area (Å²) in [4.78, 5) is 15.8. The van der Waals surface area contributed by atoms with Crippen LogP contribution in [0.3, 0.4) is 0 Å². The molecule has 1 heterocycles. The highest BCUT2D eigenvalue weighted by Crippen LogP contribution is 2.41. The Morgan fingerprint density at radius 1 is 1.23 bits per heavy atom. The van der Waals surface area contributed by atoms with Crippen molar-refractivity contribution in [2.24, 2.45) is 0 Å². The van der Waals surface area contributed by atoms with Crippen LogP contribution in [-0.4, -0.2) is 30.5 Å². The fourth-order valence-corrected chi connectivity index (χ4v) is 4.78. The third kappa shape index (κ3) is 7.05. The summed E-state index contributed by atoms with van der Waals surface area (Å²) < 4.78 is 45.7. The topological polar surface area (TPSA) is 71.5 Å². The number of carboxylic acid groups (broad SMARTS) is 1. The van der Waals surface area contributed by atoms with E-state index in [2.05, 4.69) is 31.1 Å². The van der Waals surface area contributed by atoms with Gasteiger partial charge in [-0.3, -0.25) is 0 Å². The third-order valence-electron chi connectivity index (χ3n) is 5.62. The number of hydrogen-bond acceptors (Lipinski definition) is 4. The molecule has 0 fully saturated rings. The van der Waals surface area contributed by atoms with E-state index in [-0.39, 0.29) is 5.04 Å². The monoisotopic (exact) mass is 474 g/mol. The number of benzene rings is 1. The van der Waals surface area contributed by atoms with Crippen LogP contribution in [0.5, 0.6) is 0 Å². The zero-order valence-electron chi connectivity index (χ0n) is 18.3. The van der Waals surface area contributed by atoms with Gasteiger partial charge in [-0.1, -0.05) is 32.9 Å². The van der Waals surface area contributed by atoms with Crippen LogP contribution < -0.4 is 5.32 Å². The Morgan fingerprint density at radius 3 is 2.29 bits per heavy atom. The zero-order valence-corrected chi connectivity index (χ0v) is 20.1. The first-order chi connectivity index (χ1) is 14.2. The van der Waals surface area contributed by atoms with Crippen molar-refractivity contribution in [3.8, 4) is 0 Å². The van der Waals surface area contributed by atoms with Crippen LogP contribution in [0.1, 0.15) is 49.4 Å². The molecule has 1 aromatic heterocycles. The molecule has 0 aliphatic rings. The van der Waals surface area contributed by atoms with Crippen molar-refractivity contribution in [3.05, 3.63) is 52.0 Å². The Balaban J connectivity index is 2.42. The van der Waals surface area contributed by atoms with E-state index in [0.717, 1.165) is 17.1 Å². The lowest BCUT2D eigenvalue weighted by molar-refractivity contribution is -0.137. The second-order valence-corrected chi connectivity index (χ2v) is 14.7. The molecule has 0 saturated carbocycles. The van der Waals surface area contributed by atoms with Crippen LogP contribution in [0.4, 0.5) is 18.0 Å². The number of nitrogens with one attached hydrogen (secondary N) is 1. The molecular formula is C21H29F3N2O3SSi. The molecule has 2 aromatic rings. The van der Waals surface area contributed by atoms with Gasteiger partial charge in [0, 0.05) is 18.0 Å². The predicted octanol–water partition coefficient (Wildman–Crippen LogP) is 6.49. The van der Waals surface area contributed by atoms with Crippen molar-refractivity contribution >= 4 is 25.7 Å². The van der Waals surface area contributed by atoms with Gasteiger partial charge < -0.3 is 14.8 Å². The number of thiazole rings is 1. The highest BCUT2D eigenvalue weighted by Gasteiger charge is 2.42. The maximum atomic E-state index is 13.0. The minimum Gasteiger partial charge on any atom is -0.465 e. The Morgan fingerprint density at radius 2 is 1.84 bits per heavy atom. The summed E-state index contributed by atoms with van der Waals surface area (Å²) in [7, 11) is -2.38. The van der Waals surface area contributed by atoms with Crippen LogP contribution in [0.15, 0.2) is 35.8 Å². The predicted molar refractivity (Wildman–Crippen MR) is 118 cm³/mol. The number of aromatic nitrogens is 1. The maximum absolute atomic E-state index is 13.0. The summed E-state index contributed by atoms with van der Waals surface area (Å²) in [5.41, 5.74) is -0.247. The minimum atomic E-state index is -4.45. The minimum absolute atomic E-state index is 0.166. The smallest absolute Gasteiger partial charge is 0.416 e. The summed E-state index contributed by atoms with van der Waals surface area (Å²) in [6.45, 7) is 10.2. The molecule has 10 heteroatoms. The standard InChI is InChI=1S/C21H29F3N2O3SSi/c1-20(2,3)31(4,5)29-18(14-6-8-15(9-7-14)21(22,23)24)16(26-19(27)28)10-11-17-25-12-13-30-17/h6-9,12-13,16,18,26H,10-11H2,1-5H3,(H,27,28). The van der Waals surface area contributed by atoms with E-state index in [1.807, 2.05) is 18.5 Å². The van der Waals surface area contributed by atoms with Crippen molar-refractivity contribution < 1.29 is 27.5 Å². The first-order valence-corrected chi connectivity index (χ1v) is 13.7. The number of nitrogens with zero attached hydrogens (tertiary/aromatic N) is 1. The number of rotatable bonds is 8. The molecule has 0 saturated heterocycles. The summed E-state index contributed by atoms with van der Waals surface area (Å²) in [5, 5.41) is 14.5. The summed E-state index contributed by atoms with van der Waals surface area (Å²) in [5.74, 6) is 0. The molecule has 5 nitrogen and oxygen atoms in total. The van der Waals surface area contributed by atoms with Gasteiger partial charge >= 0.3 is 12.3 Å². The first-order valence-electron chi connectivity index (χ1n) is 9.93. The Hall–Kier alpha value is -1.91. The van der Waals surface area contributed by atoms with Crippen LogP contribution >= 0.6 is 11.3 Å². The van der Waals surface area contributed by atoms with Crippen molar-refractivity contribution in [1.29, 1.82) is 0 Å². The normalized spacial score (nSPS) is 14.8. The lowest BCUT2D eigenvalue weighted by Gasteiger charge is -2.41. The third-order valence-corrected chi connectivity index (χ3v) is 10.9. The van der Waals surface area contributed by atoms with E-state index in [4.69, 9.17) is 4.43 Å². The number of hydrogen-bond donors (Lipinski definition) is 2. The molecule has 172 valence electrons. The average molecular weight is 475 g/mol. The van der Waals surface area contributed by atoms with Crippen molar-refractivity contribution in [2.45, 2.75) is 70.1 Å². The quantitative estimate of drug-likeness (QED) is 0.429. The number of amides is 1. The van der Waals surface area contributed by atoms with Gasteiger partial charge in [0.05, 0.1) is 22.7 Å². The molecular weight excluding hydrogens is 445 g/mol. The highest BCUT2D eigenvalue weighted by molar-refractivity contribution is 7.09. The Labute approximate surface area is 185 Å². The van der Waals surface area contributed by atoms with Gasteiger partial charge in [0.2, 0.25) is 0 Å². The van der Waals surface area contributed by atoms with Crippen molar-refractivity contribution in [1.82, 2.24) is 10.3 Å². The zero-order chi connectivity index (χ0) is 23.4. The molecule has 0 radical (unpaired) electrons. The van der Waals surface area contributed by atoms with Crippen LogP contribution in [0.2, 0.25) is 18.1 Å². The van der Waals surface area contributed by atoms with E-state index in [1.165, 1.54) is 23.5 Å². The molecule has 0 spiro atoms. The summed E-state index contributed by atoms with van der Waals surface area (Å²) in [6, 6.07) is 4.12. The van der Waals surface area contributed by atoms with Gasteiger partial charge in [0.25, 0.3) is 0 Å². The molecule has 31 heavy (non-hydrogen) atoms. The molecule has 1 aromatic carbocycles. The van der Waals surface area contributed by atoms with E-state index in [0.29, 0.717) is 18.4 Å². The average Bonchev–Trinajstić information content (AvgIpc) is 3.15.